The van der Waals surface area contributed by atoms with E-state index in [-0.39, 0.29) is 5.56 Å². The van der Waals surface area contributed by atoms with Gasteiger partial charge in [-0.1, -0.05) is 30.3 Å². The van der Waals surface area contributed by atoms with Gasteiger partial charge in [-0.3, -0.25) is 4.79 Å². The first-order chi connectivity index (χ1) is 14.6. The quantitative estimate of drug-likeness (QED) is 0.583. The Morgan fingerprint density at radius 2 is 1.60 bits per heavy atom. The molecular formula is C24H24FNO4. The van der Waals surface area contributed by atoms with Crippen molar-refractivity contribution >= 4 is 5.91 Å². The molecule has 0 saturated carbocycles. The van der Waals surface area contributed by atoms with Crippen molar-refractivity contribution in [3.63, 3.8) is 0 Å². The number of hydrogen-bond acceptors (Lipinski definition) is 4. The van der Waals surface area contributed by atoms with E-state index in [0.717, 1.165) is 16.9 Å². The summed E-state index contributed by atoms with van der Waals surface area (Å²) in [6, 6.07) is 18.2. The predicted octanol–water partition coefficient (Wildman–Crippen LogP) is 4.76. The number of benzene rings is 3. The van der Waals surface area contributed by atoms with Crippen molar-refractivity contribution in [2.75, 3.05) is 20.8 Å². The van der Waals surface area contributed by atoms with Crippen LogP contribution < -0.4 is 19.5 Å². The maximum absolute atomic E-state index is 14.1. The van der Waals surface area contributed by atoms with Crippen LogP contribution in [0.25, 0.3) is 0 Å². The zero-order chi connectivity index (χ0) is 21.5. The first-order valence-electron chi connectivity index (χ1n) is 9.57. The van der Waals surface area contributed by atoms with Crippen LogP contribution in [0.1, 0.15) is 34.5 Å². The molecule has 6 heteroatoms. The summed E-state index contributed by atoms with van der Waals surface area (Å²) in [4.78, 5) is 12.8. The van der Waals surface area contributed by atoms with Gasteiger partial charge in [0.1, 0.15) is 11.6 Å². The minimum atomic E-state index is -0.576. The lowest BCUT2D eigenvalue weighted by Gasteiger charge is -2.21. The molecule has 0 bridgehead atoms. The molecule has 30 heavy (non-hydrogen) atoms. The minimum Gasteiger partial charge on any atom is -0.494 e. The Morgan fingerprint density at radius 1 is 0.933 bits per heavy atom. The lowest BCUT2D eigenvalue weighted by molar-refractivity contribution is 0.0939. The van der Waals surface area contributed by atoms with Crippen LogP contribution in [-0.2, 0) is 0 Å². The van der Waals surface area contributed by atoms with Crippen LogP contribution >= 0.6 is 0 Å². The normalized spacial score (nSPS) is 11.5. The molecule has 0 unspecified atom stereocenters. The summed E-state index contributed by atoms with van der Waals surface area (Å²) in [6.45, 7) is 2.47. The minimum absolute atomic E-state index is 0.0195. The van der Waals surface area contributed by atoms with E-state index >= 15 is 0 Å². The van der Waals surface area contributed by atoms with Gasteiger partial charge in [0, 0.05) is 0 Å². The van der Waals surface area contributed by atoms with Crippen molar-refractivity contribution < 1.29 is 23.4 Å². The molecule has 3 aromatic rings. The number of nitrogens with one attached hydrogen (secondary N) is 1. The molecule has 0 heterocycles. The summed E-state index contributed by atoms with van der Waals surface area (Å²) < 4.78 is 30.4. The van der Waals surface area contributed by atoms with Gasteiger partial charge in [-0.15, -0.1) is 0 Å². The fourth-order valence-electron chi connectivity index (χ4n) is 3.17. The number of amides is 1. The number of methoxy groups -OCH3 is 2. The van der Waals surface area contributed by atoms with Gasteiger partial charge in [0.15, 0.2) is 11.5 Å². The van der Waals surface area contributed by atoms with Crippen LogP contribution in [0.2, 0.25) is 0 Å². The molecule has 0 fully saturated rings. The van der Waals surface area contributed by atoms with E-state index in [4.69, 9.17) is 14.2 Å². The average molecular weight is 409 g/mol. The highest BCUT2D eigenvalue weighted by molar-refractivity contribution is 5.95. The molecule has 0 radical (unpaired) electrons. The molecule has 3 rings (SSSR count). The first-order valence-corrected chi connectivity index (χ1v) is 9.57. The summed E-state index contributed by atoms with van der Waals surface area (Å²) in [5.74, 6) is 0.750. The number of carbonyl (C=O) groups excluding carboxylic acids is 1. The Balaban J connectivity index is 2.00. The second-order valence-electron chi connectivity index (χ2n) is 6.50. The van der Waals surface area contributed by atoms with Crippen molar-refractivity contribution in [3.8, 4) is 17.2 Å². The molecule has 1 amide bonds. The first kappa shape index (κ1) is 21.2. The van der Waals surface area contributed by atoms with Gasteiger partial charge in [0.05, 0.1) is 32.4 Å². The zero-order valence-corrected chi connectivity index (χ0v) is 17.1. The number of carbonyl (C=O) groups is 1. The average Bonchev–Trinajstić information content (AvgIpc) is 2.78. The smallest absolute Gasteiger partial charge is 0.255 e. The maximum Gasteiger partial charge on any atom is 0.255 e. The van der Waals surface area contributed by atoms with Gasteiger partial charge in [-0.25, -0.2) is 4.39 Å². The van der Waals surface area contributed by atoms with Crippen molar-refractivity contribution in [2.45, 2.75) is 13.0 Å². The highest BCUT2D eigenvalue weighted by Gasteiger charge is 2.21. The Morgan fingerprint density at radius 3 is 2.23 bits per heavy atom. The molecule has 0 saturated heterocycles. The van der Waals surface area contributed by atoms with Gasteiger partial charge in [0.2, 0.25) is 0 Å². The summed E-state index contributed by atoms with van der Waals surface area (Å²) >= 11 is 0. The maximum atomic E-state index is 14.1. The molecule has 5 nitrogen and oxygen atoms in total. The molecule has 156 valence electrons. The molecule has 0 aliphatic heterocycles. The zero-order valence-electron chi connectivity index (χ0n) is 17.1. The Bertz CT molecular complexity index is 1000. The largest absolute Gasteiger partial charge is 0.494 e. The van der Waals surface area contributed by atoms with Crippen molar-refractivity contribution in [3.05, 3.63) is 89.2 Å². The lowest BCUT2D eigenvalue weighted by atomic mass is 9.97. The topological polar surface area (TPSA) is 56.8 Å². The highest BCUT2D eigenvalue weighted by atomic mass is 19.1. The summed E-state index contributed by atoms with van der Waals surface area (Å²) in [7, 11) is 3.10. The second-order valence-corrected chi connectivity index (χ2v) is 6.50. The van der Waals surface area contributed by atoms with Crippen LogP contribution in [0.3, 0.4) is 0 Å². The van der Waals surface area contributed by atoms with E-state index in [1.165, 1.54) is 12.1 Å². The van der Waals surface area contributed by atoms with Crippen molar-refractivity contribution in [1.82, 2.24) is 5.32 Å². The van der Waals surface area contributed by atoms with Crippen LogP contribution in [0.15, 0.2) is 66.7 Å². The van der Waals surface area contributed by atoms with Crippen LogP contribution in [0.4, 0.5) is 4.39 Å². The van der Waals surface area contributed by atoms with E-state index in [1.54, 1.807) is 38.5 Å². The molecular weight excluding hydrogens is 385 g/mol. The molecule has 3 aromatic carbocycles. The third kappa shape index (κ3) is 4.71. The molecule has 0 aliphatic carbocycles. The fourth-order valence-corrected chi connectivity index (χ4v) is 3.17. The van der Waals surface area contributed by atoms with Gasteiger partial charge in [-0.2, -0.15) is 0 Å². The highest BCUT2D eigenvalue weighted by Crippen LogP contribution is 2.33. The third-order valence-electron chi connectivity index (χ3n) is 4.66. The number of hydrogen-bond donors (Lipinski definition) is 1. The number of halogens is 1. The van der Waals surface area contributed by atoms with Crippen LogP contribution in [-0.4, -0.2) is 26.7 Å². The Labute approximate surface area is 175 Å². The third-order valence-corrected chi connectivity index (χ3v) is 4.66. The summed E-state index contributed by atoms with van der Waals surface area (Å²) in [5.41, 5.74) is 1.56. The van der Waals surface area contributed by atoms with E-state index in [1.807, 2.05) is 37.3 Å². The standard InChI is InChI=1S/C24H24FNO4/c1-4-30-18-12-9-16(10-13-18)23(17-11-14-21(28-2)22(15-17)29-3)26-24(27)19-7-5-6-8-20(19)25/h5-15,23H,4H2,1-3H3,(H,26,27)/t23-/m1/s1. The second kappa shape index (κ2) is 9.78. The van der Waals surface area contributed by atoms with E-state index in [2.05, 4.69) is 5.32 Å². The number of ether oxygens (including phenoxy) is 3. The Kier molecular flexibility index (Phi) is 6.91. The van der Waals surface area contributed by atoms with Gasteiger partial charge in [-0.05, 0) is 54.4 Å². The van der Waals surface area contributed by atoms with Crippen molar-refractivity contribution in [2.24, 2.45) is 0 Å². The van der Waals surface area contributed by atoms with E-state index in [0.29, 0.717) is 18.1 Å². The molecule has 1 N–H and O–H groups in total. The predicted molar refractivity (Wildman–Crippen MR) is 113 cm³/mol. The molecule has 0 spiro atoms. The van der Waals surface area contributed by atoms with Gasteiger partial charge < -0.3 is 19.5 Å². The summed E-state index contributed by atoms with van der Waals surface area (Å²) in [6.07, 6.45) is 0. The molecule has 1 atom stereocenters. The number of rotatable bonds is 8. The van der Waals surface area contributed by atoms with E-state index in [9.17, 15) is 9.18 Å². The van der Waals surface area contributed by atoms with Gasteiger partial charge in [0.25, 0.3) is 5.91 Å². The monoisotopic (exact) mass is 409 g/mol. The van der Waals surface area contributed by atoms with Gasteiger partial charge >= 0.3 is 0 Å². The molecule has 0 aliphatic rings. The summed E-state index contributed by atoms with van der Waals surface area (Å²) in [5, 5.41) is 2.93. The van der Waals surface area contributed by atoms with Crippen LogP contribution in [0, 0.1) is 5.82 Å². The SMILES string of the molecule is CCOc1ccc([C@@H](NC(=O)c2ccccc2F)c2ccc(OC)c(OC)c2)cc1. The van der Waals surface area contributed by atoms with E-state index < -0.39 is 17.8 Å². The van der Waals surface area contributed by atoms with Crippen molar-refractivity contribution in [1.29, 1.82) is 0 Å². The lowest BCUT2D eigenvalue weighted by Crippen LogP contribution is -2.30. The van der Waals surface area contributed by atoms with Crippen LogP contribution in [0.5, 0.6) is 17.2 Å². The molecule has 0 aromatic heterocycles. The fraction of sp³-hybridized carbons (Fsp3) is 0.208. The Hall–Kier alpha value is -3.54.